The second-order valence-electron chi connectivity index (χ2n) is 6.38. The van der Waals surface area contributed by atoms with E-state index in [1.54, 1.807) is 6.20 Å². The number of fused-ring (bicyclic) bond motifs is 1. The number of rotatable bonds is 6. The van der Waals surface area contributed by atoms with Crippen molar-refractivity contribution in [3.05, 3.63) is 53.3 Å². The van der Waals surface area contributed by atoms with Crippen molar-refractivity contribution in [2.24, 2.45) is 0 Å². The Morgan fingerprint density at radius 3 is 2.58 bits per heavy atom. The van der Waals surface area contributed by atoms with Crippen molar-refractivity contribution < 1.29 is 8.42 Å². The molecule has 0 amide bonds. The fourth-order valence-electron chi connectivity index (χ4n) is 3.12. The summed E-state index contributed by atoms with van der Waals surface area (Å²) in [4.78, 5) is 2.34. The number of nitrogens with one attached hydrogen (secondary N) is 1. The van der Waals surface area contributed by atoms with Crippen molar-refractivity contribution in [3.8, 4) is 0 Å². The Hall–Kier alpha value is -1.70. The van der Waals surface area contributed by atoms with E-state index in [-0.39, 0.29) is 6.04 Å². The van der Waals surface area contributed by atoms with Crippen molar-refractivity contribution in [1.29, 1.82) is 0 Å². The zero-order valence-corrected chi connectivity index (χ0v) is 15.0. The minimum Gasteiger partial charge on any atom is -0.291 e. The number of nitrogens with zero attached hydrogens (tertiary/aromatic N) is 3. The molecule has 0 aliphatic carbocycles. The molecule has 0 fully saturated rings. The van der Waals surface area contributed by atoms with Crippen LogP contribution in [-0.2, 0) is 29.5 Å². The van der Waals surface area contributed by atoms with Gasteiger partial charge < -0.3 is 0 Å². The lowest BCUT2D eigenvalue weighted by atomic mass is 10.1. The molecule has 2 heterocycles. The Labute approximate surface area is 143 Å². The van der Waals surface area contributed by atoms with Crippen LogP contribution in [0.2, 0.25) is 0 Å². The number of hydrogen-bond acceptors (Lipinski definition) is 4. The first-order valence-corrected chi connectivity index (χ1v) is 10.1. The van der Waals surface area contributed by atoms with Gasteiger partial charge in [-0.2, -0.15) is 5.10 Å². The molecule has 0 bridgehead atoms. The van der Waals surface area contributed by atoms with Crippen LogP contribution in [0.3, 0.4) is 0 Å². The van der Waals surface area contributed by atoms with Crippen LogP contribution in [0.4, 0.5) is 0 Å². The van der Waals surface area contributed by atoms with Crippen LogP contribution in [0.5, 0.6) is 0 Å². The maximum atomic E-state index is 11.4. The van der Waals surface area contributed by atoms with Crippen LogP contribution in [0.25, 0.3) is 0 Å². The number of aromatic nitrogens is 2. The van der Waals surface area contributed by atoms with Gasteiger partial charge >= 0.3 is 0 Å². The molecule has 0 unspecified atom stereocenters. The summed E-state index contributed by atoms with van der Waals surface area (Å²) in [6, 6.07) is 10.7. The van der Waals surface area contributed by atoms with Gasteiger partial charge in [0.25, 0.3) is 0 Å². The molecule has 2 aromatic rings. The molecule has 0 saturated carbocycles. The Morgan fingerprint density at radius 2 is 1.92 bits per heavy atom. The van der Waals surface area contributed by atoms with Gasteiger partial charge in [-0.1, -0.05) is 31.2 Å². The maximum absolute atomic E-state index is 11.4. The predicted molar refractivity (Wildman–Crippen MR) is 94.0 cm³/mol. The van der Waals surface area contributed by atoms with E-state index in [9.17, 15) is 8.42 Å². The SMILES string of the molecule is CCc1ccc(CN2Cc3ccnn3[C@H](CNS(C)(=O)=O)C2)cc1. The van der Waals surface area contributed by atoms with E-state index in [0.717, 1.165) is 31.7 Å². The molecule has 1 aromatic heterocycles. The summed E-state index contributed by atoms with van der Waals surface area (Å²) < 4.78 is 27.4. The van der Waals surface area contributed by atoms with Gasteiger partial charge in [0.05, 0.1) is 18.0 Å². The summed E-state index contributed by atoms with van der Waals surface area (Å²) in [5, 5.41) is 4.36. The van der Waals surface area contributed by atoms with Gasteiger partial charge in [0, 0.05) is 32.4 Å². The summed E-state index contributed by atoms with van der Waals surface area (Å²) in [6.45, 7) is 4.96. The van der Waals surface area contributed by atoms with E-state index >= 15 is 0 Å². The van der Waals surface area contributed by atoms with Gasteiger partial charge in [0.15, 0.2) is 0 Å². The maximum Gasteiger partial charge on any atom is 0.208 e. The van der Waals surface area contributed by atoms with Crippen LogP contribution < -0.4 is 4.72 Å². The molecule has 1 N–H and O–H groups in total. The molecule has 3 rings (SSSR count). The second-order valence-corrected chi connectivity index (χ2v) is 8.21. The van der Waals surface area contributed by atoms with Crippen molar-refractivity contribution in [1.82, 2.24) is 19.4 Å². The third kappa shape index (κ3) is 4.23. The number of hydrogen-bond donors (Lipinski definition) is 1. The molecule has 0 saturated heterocycles. The zero-order chi connectivity index (χ0) is 17.2. The molecular weight excluding hydrogens is 324 g/mol. The fourth-order valence-corrected chi connectivity index (χ4v) is 3.62. The van der Waals surface area contributed by atoms with Crippen LogP contribution in [-0.4, -0.2) is 42.4 Å². The largest absolute Gasteiger partial charge is 0.291 e. The first-order valence-electron chi connectivity index (χ1n) is 8.22. The molecule has 0 spiro atoms. The monoisotopic (exact) mass is 348 g/mol. The minimum atomic E-state index is -3.20. The Morgan fingerprint density at radius 1 is 1.21 bits per heavy atom. The quantitative estimate of drug-likeness (QED) is 0.860. The van der Waals surface area contributed by atoms with E-state index in [2.05, 4.69) is 45.9 Å². The normalized spacial score (nSPS) is 18.5. The number of aryl methyl sites for hydroxylation is 1. The molecule has 0 radical (unpaired) electrons. The summed E-state index contributed by atoms with van der Waals surface area (Å²) >= 11 is 0. The highest BCUT2D eigenvalue weighted by Gasteiger charge is 2.26. The van der Waals surface area contributed by atoms with Crippen LogP contribution in [0.1, 0.15) is 29.8 Å². The number of sulfonamides is 1. The van der Waals surface area contributed by atoms with Gasteiger partial charge in [0.2, 0.25) is 10.0 Å². The molecular formula is C17H24N4O2S. The lowest BCUT2D eigenvalue weighted by molar-refractivity contribution is 0.168. The summed E-state index contributed by atoms with van der Waals surface area (Å²) in [5.41, 5.74) is 3.73. The molecule has 1 aliphatic heterocycles. The highest BCUT2D eigenvalue weighted by Crippen LogP contribution is 2.22. The predicted octanol–water partition coefficient (Wildman–Crippen LogP) is 1.55. The van der Waals surface area contributed by atoms with Crippen LogP contribution in [0.15, 0.2) is 36.5 Å². The summed E-state index contributed by atoms with van der Waals surface area (Å²) in [5.74, 6) is 0. The van der Waals surface area contributed by atoms with Crippen molar-refractivity contribution in [2.75, 3.05) is 19.3 Å². The van der Waals surface area contributed by atoms with Crippen LogP contribution >= 0.6 is 0 Å². The fraction of sp³-hybridized carbons (Fsp3) is 0.471. The third-order valence-electron chi connectivity index (χ3n) is 4.37. The third-order valence-corrected chi connectivity index (χ3v) is 5.06. The van der Waals surface area contributed by atoms with Gasteiger partial charge in [0.1, 0.15) is 0 Å². The van der Waals surface area contributed by atoms with E-state index < -0.39 is 10.0 Å². The Balaban J connectivity index is 1.71. The van der Waals surface area contributed by atoms with E-state index in [1.807, 2.05) is 10.7 Å². The zero-order valence-electron chi connectivity index (χ0n) is 14.1. The Bertz CT molecular complexity index is 783. The topological polar surface area (TPSA) is 67.2 Å². The Kier molecular flexibility index (Phi) is 5.03. The number of benzene rings is 1. The van der Waals surface area contributed by atoms with Crippen molar-refractivity contribution >= 4 is 10.0 Å². The van der Waals surface area contributed by atoms with Crippen molar-refractivity contribution in [2.45, 2.75) is 32.5 Å². The first-order chi connectivity index (χ1) is 11.4. The molecule has 6 nitrogen and oxygen atoms in total. The van der Waals surface area contributed by atoms with Crippen LogP contribution in [0, 0.1) is 0 Å². The second kappa shape index (κ2) is 7.04. The average molecular weight is 348 g/mol. The van der Waals surface area contributed by atoms with Crippen molar-refractivity contribution in [3.63, 3.8) is 0 Å². The van der Waals surface area contributed by atoms with Gasteiger partial charge in [-0.05, 0) is 23.6 Å². The summed E-state index contributed by atoms with van der Waals surface area (Å²) in [6.07, 6.45) is 4.01. The molecule has 7 heteroatoms. The average Bonchev–Trinajstić information content (AvgIpc) is 3.01. The lowest BCUT2D eigenvalue weighted by Gasteiger charge is -2.34. The standard InChI is InChI=1S/C17H24N4O2S/c1-3-14-4-6-15(7-5-14)11-20-12-16-8-9-18-21(16)17(13-20)10-19-24(2,22)23/h4-9,17,19H,3,10-13H2,1-2H3/t17-/m1/s1. The highest BCUT2D eigenvalue weighted by molar-refractivity contribution is 7.88. The highest BCUT2D eigenvalue weighted by atomic mass is 32.2. The van der Waals surface area contributed by atoms with Gasteiger partial charge in [-0.15, -0.1) is 0 Å². The molecule has 1 atom stereocenters. The minimum absolute atomic E-state index is 0.00777. The summed E-state index contributed by atoms with van der Waals surface area (Å²) in [7, 11) is -3.20. The molecule has 1 aromatic carbocycles. The first kappa shape index (κ1) is 17.1. The molecule has 1 aliphatic rings. The molecule has 130 valence electrons. The van der Waals surface area contributed by atoms with E-state index in [0.29, 0.717) is 6.54 Å². The molecule has 24 heavy (non-hydrogen) atoms. The van der Waals surface area contributed by atoms with E-state index in [4.69, 9.17) is 0 Å². The van der Waals surface area contributed by atoms with E-state index in [1.165, 1.54) is 17.4 Å². The smallest absolute Gasteiger partial charge is 0.208 e. The van der Waals surface area contributed by atoms with Gasteiger partial charge in [-0.3, -0.25) is 9.58 Å². The lowest BCUT2D eigenvalue weighted by Crippen LogP contribution is -2.42. The van der Waals surface area contributed by atoms with Gasteiger partial charge in [-0.25, -0.2) is 13.1 Å².